The number of nitrogens with one attached hydrogen (secondary N) is 1. The molecule has 4 heteroatoms. The van der Waals surface area contributed by atoms with Crippen LogP contribution in [0.25, 0.3) is 0 Å². The molecule has 0 aliphatic carbocycles. The van der Waals surface area contributed by atoms with Crippen LogP contribution in [-0.2, 0) is 4.79 Å². The zero-order valence-electron chi connectivity index (χ0n) is 11.5. The minimum Gasteiger partial charge on any atom is -0.344 e. The van der Waals surface area contributed by atoms with Crippen molar-refractivity contribution in [1.82, 2.24) is 15.1 Å². The average molecular weight is 241 g/mol. The first-order valence-electron chi connectivity index (χ1n) is 6.79. The quantitative estimate of drug-likeness (QED) is 0.720. The highest BCUT2D eigenvalue weighted by Gasteiger charge is 2.13. The van der Waals surface area contributed by atoms with E-state index < -0.39 is 0 Å². The maximum Gasteiger partial charge on any atom is 0.223 e. The van der Waals surface area contributed by atoms with Crippen molar-refractivity contribution < 1.29 is 4.79 Å². The van der Waals surface area contributed by atoms with Crippen molar-refractivity contribution in [2.24, 2.45) is 0 Å². The molecule has 0 aromatic rings. The van der Waals surface area contributed by atoms with Crippen molar-refractivity contribution in [3.8, 4) is 0 Å². The third-order valence-electron chi connectivity index (χ3n) is 3.27. The van der Waals surface area contributed by atoms with Crippen LogP contribution in [0.5, 0.6) is 0 Å². The molecule has 0 atom stereocenters. The fourth-order valence-electron chi connectivity index (χ4n) is 2.08. The summed E-state index contributed by atoms with van der Waals surface area (Å²) in [6.45, 7) is 9.28. The Hall–Kier alpha value is -0.610. The Balaban J connectivity index is 2.08. The first kappa shape index (κ1) is 14.5. The minimum atomic E-state index is 0.248. The van der Waals surface area contributed by atoms with Crippen LogP contribution in [0.15, 0.2) is 0 Å². The Morgan fingerprint density at radius 2 is 2.00 bits per heavy atom. The molecule has 17 heavy (non-hydrogen) atoms. The minimum absolute atomic E-state index is 0.248. The molecular formula is C13H27N3O. The Morgan fingerprint density at radius 3 is 2.59 bits per heavy atom. The lowest BCUT2D eigenvalue weighted by Gasteiger charge is -2.21. The second-order valence-corrected chi connectivity index (χ2v) is 5.22. The highest BCUT2D eigenvalue weighted by atomic mass is 16.2. The van der Waals surface area contributed by atoms with Crippen LogP contribution in [0.2, 0.25) is 0 Å². The smallest absolute Gasteiger partial charge is 0.223 e. The second-order valence-electron chi connectivity index (χ2n) is 5.22. The topological polar surface area (TPSA) is 35.6 Å². The highest BCUT2D eigenvalue weighted by Crippen LogP contribution is 2.06. The van der Waals surface area contributed by atoms with Gasteiger partial charge in [0.1, 0.15) is 0 Å². The van der Waals surface area contributed by atoms with Crippen molar-refractivity contribution in [2.45, 2.75) is 39.2 Å². The van der Waals surface area contributed by atoms with Crippen molar-refractivity contribution in [3.05, 3.63) is 0 Å². The molecule has 0 aromatic heterocycles. The number of hydrogen-bond acceptors (Lipinski definition) is 3. The van der Waals surface area contributed by atoms with Gasteiger partial charge in [0.25, 0.3) is 0 Å². The van der Waals surface area contributed by atoms with Crippen LogP contribution >= 0.6 is 0 Å². The summed E-state index contributed by atoms with van der Waals surface area (Å²) in [6, 6.07) is 0.456. The predicted octanol–water partition coefficient (Wildman–Crippen LogP) is 0.929. The summed E-state index contributed by atoms with van der Waals surface area (Å²) in [5.41, 5.74) is 0. The van der Waals surface area contributed by atoms with Gasteiger partial charge in [-0.3, -0.25) is 4.79 Å². The molecule has 4 nitrogen and oxygen atoms in total. The average Bonchev–Trinajstić information content (AvgIpc) is 2.78. The molecule has 1 fully saturated rings. The molecular weight excluding hydrogens is 214 g/mol. The molecule has 1 saturated heterocycles. The van der Waals surface area contributed by atoms with Crippen LogP contribution in [0.3, 0.4) is 0 Å². The van der Waals surface area contributed by atoms with Crippen LogP contribution < -0.4 is 5.32 Å². The van der Waals surface area contributed by atoms with Gasteiger partial charge in [0.15, 0.2) is 0 Å². The SMILES string of the molecule is CC(C)NCCC(=O)N(C)CCN1CCCC1. The van der Waals surface area contributed by atoms with Crippen molar-refractivity contribution in [3.63, 3.8) is 0 Å². The Bertz CT molecular complexity index is 225. The first-order chi connectivity index (χ1) is 8.09. The van der Waals surface area contributed by atoms with Gasteiger partial charge in [-0.2, -0.15) is 0 Å². The van der Waals surface area contributed by atoms with E-state index in [1.165, 1.54) is 25.9 Å². The van der Waals surface area contributed by atoms with Gasteiger partial charge in [0, 0.05) is 39.1 Å². The Morgan fingerprint density at radius 1 is 1.35 bits per heavy atom. The molecule has 0 unspecified atom stereocenters. The first-order valence-corrected chi connectivity index (χ1v) is 6.79. The van der Waals surface area contributed by atoms with Gasteiger partial charge in [-0.1, -0.05) is 13.8 Å². The van der Waals surface area contributed by atoms with Gasteiger partial charge in [0.05, 0.1) is 0 Å². The van der Waals surface area contributed by atoms with E-state index in [1.54, 1.807) is 0 Å². The van der Waals surface area contributed by atoms with Gasteiger partial charge in [-0.15, -0.1) is 0 Å². The van der Waals surface area contributed by atoms with E-state index in [4.69, 9.17) is 0 Å². The number of amides is 1. The Kier molecular flexibility index (Phi) is 6.52. The van der Waals surface area contributed by atoms with E-state index in [1.807, 2.05) is 11.9 Å². The van der Waals surface area contributed by atoms with Crippen LogP contribution in [0, 0.1) is 0 Å². The van der Waals surface area contributed by atoms with Crippen LogP contribution in [0.1, 0.15) is 33.1 Å². The number of rotatable bonds is 7. The van der Waals surface area contributed by atoms with Crippen LogP contribution in [-0.4, -0.2) is 61.5 Å². The van der Waals surface area contributed by atoms with E-state index in [0.717, 1.165) is 19.6 Å². The number of hydrogen-bond donors (Lipinski definition) is 1. The van der Waals surface area contributed by atoms with Crippen molar-refractivity contribution in [1.29, 1.82) is 0 Å². The van der Waals surface area contributed by atoms with Gasteiger partial charge in [-0.05, 0) is 25.9 Å². The van der Waals surface area contributed by atoms with E-state index in [0.29, 0.717) is 12.5 Å². The predicted molar refractivity (Wildman–Crippen MR) is 71.1 cm³/mol. The molecule has 0 bridgehead atoms. The van der Waals surface area contributed by atoms with Crippen molar-refractivity contribution in [2.75, 3.05) is 39.8 Å². The molecule has 100 valence electrons. The maximum atomic E-state index is 11.8. The van der Waals surface area contributed by atoms with Gasteiger partial charge >= 0.3 is 0 Å². The van der Waals surface area contributed by atoms with Crippen molar-refractivity contribution >= 4 is 5.91 Å². The summed E-state index contributed by atoms with van der Waals surface area (Å²) < 4.78 is 0. The normalized spacial score (nSPS) is 16.7. The fourth-order valence-corrected chi connectivity index (χ4v) is 2.08. The molecule has 0 aromatic carbocycles. The zero-order chi connectivity index (χ0) is 12.7. The van der Waals surface area contributed by atoms with E-state index in [9.17, 15) is 4.79 Å². The highest BCUT2D eigenvalue weighted by molar-refractivity contribution is 5.76. The van der Waals surface area contributed by atoms with E-state index in [-0.39, 0.29) is 5.91 Å². The monoisotopic (exact) mass is 241 g/mol. The number of likely N-dealkylation sites (tertiary alicyclic amines) is 1. The largest absolute Gasteiger partial charge is 0.344 e. The summed E-state index contributed by atoms with van der Waals surface area (Å²) in [7, 11) is 1.91. The number of likely N-dealkylation sites (N-methyl/N-ethyl adjacent to an activating group) is 1. The van der Waals surface area contributed by atoms with E-state index in [2.05, 4.69) is 24.1 Å². The lowest BCUT2D eigenvalue weighted by atomic mass is 10.3. The summed E-state index contributed by atoms with van der Waals surface area (Å²) in [5.74, 6) is 0.248. The van der Waals surface area contributed by atoms with Crippen LogP contribution in [0.4, 0.5) is 0 Å². The fraction of sp³-hybridized carbons (Fsp3) is 0.923. The molecule has 1 rings (SSSR count). The third kappa shape index (κ3) is 6.03. The summed E-state index contributed by atoms with van der Waals surface area (Å²) in [6.07, 6.45) is 3.24. The van der Waals surface area contributed by atoms with Gasteiger partial charge in [-0.25, -0.2) is 0 Å². The zero-order valence-corrected chi connectivity index (χ0v) is 11.5. The second kappa shape index (κ2) is 7.67. The molecule has 1 aliphatic heterocycles. The lowest BCUT2D eigenvalue weighted by molar-refractivity contribution is -0.129. The van der Waals surface area contributed by atoms with Gasteiger partial charge < -0.3 is 15.1 Å². The lowest BCUT2D eigenvalue weighted by Crippen LogP contribution is -2.37. The summed E-state index contributed by atoms with van der Waals surface area (Å²) in [4.78, 5) is 16.1. The summed E-state index contributed by atoms with van der Waals surface area (Å²) in [5, 5.41) is 3.27. The number of carbonyl (C=O) groups excluding carboxylic acids is 1. The number of nitrogens with zero attached hydrogens (tertiary/aromatic N) is 2. The molecule has 1 aliphatic rings. The van der Waals surface area contributed by atoms with E-state index >= 15 is 0 Å². The molecule has 1 N–H and O–H groups in total. The molecule has 0 saturated carbocycles. The Labute approximate surface area is 105 Å². The summed E-state index contributed by atoms with van der Waals surface area (Å²) >= 11 is 0. The molecule has 1 heterocycles. The van der Waals surface area contributed by atoms with Gasteiger partial charge in [0.2, 0.25) is 5.91 Å². The maximum absolute atomic E-state index is 11.8. The number of carbonyl (C=O) groups is 1. The standard InChI is InChI=1S/C13H27N3O/c1-12(2)14-7-6-13(17)15(3)10-11-16-8-4-5-9-16/h12,14H,4-11H2,1-3H3. The molecule has 0 radical (unpaired) electrons. The third-order valence-corrected chi connectivity index (χ3v) is 3.27. The molecule has 0 spiro atoms. The molecule has 1 amide bonds.